The van der Waals surface area contributed by atoms with Crippen molar-refractivity contribution in [2.45, 2.75) is 17.5 Å². The van der Waals surface area contributed by atoms with Gasteiger partial charge in [-0.15, -0.1) is 10.2 Å². The van der Waals surface area contributed by atoms with Gasteiger partial charge in [-0.25, -0.2) is 4.68 Å². The van der Waals surface area contributed by atoms with Crippen LogP contribution in [-0.4, -0.2) is 27.9 Å². The maximum absolute atomic E-state index is 12.4. The fraction of sp³-hybridized carbons (Fsp3) is 0.125. The van der Waals surface area contributed by atoms with E-state index in [1.165, 1.54) is 16.4 Å². The molecule has 0 aliphatic carbocycles. The molecule has 4 aromatic rings. The van der Waals surface area contributed by atoms with Crippen molar-refractivity contribution in [1.29, 1.82) is 0 Å². The maximum atomic E-state index is 12.4. The van der Waals surface area contributed by atoms with Crippen molar-refractivity contribution in [1.82, 2.24) is 14.9 Å². The number of nitrogen functional groups attached to an aromatic ring is 1. The topological polar surface area (TPSA) is 104 Å². The molecule has 0 bridgehead atoms. The van der Waals surface area contributed by atoms with E-state index in [1.807, 2.05) is 60.7 Å². The van der Waals surface area contributed by atoms with E-state index in [4.69, 9.17) is 15.3 Å². The minimum atomic E-state index is -0.150. The van der Waals surface area contributed by atoms with Gasteiger partial charge < -0.3 is 20.6 Å². The van der Waals surface area contributed by atoms with E-state index < -0.39 is 0 Å². The van der Waals surface area contributed by atoms with E-state index in [2.05, 4.69) is 15.5 Å². The highest BCUT2D eigenvalue weighted by Crippen LogP contribution is 2.23. The van der Waals surface area contributed by atoms with Gasteiger partial charge in [-0.2, -0.15) is 0 Å². The monoisotopic (exact) mass is 461 g/mol. The van der Waals surface area contributed by atoms with Crippen molar-refractivity contribution in [3.05, 3.63) is 95.8 Å². The number of thioether (sulfide) groups is 1. The Labute approximate surface area is 195 Å². The quantitative estimate of drug-likeness (QED) is 0.285. The summed E-state index contributed by atoms with van der Waals surface area (Å²) in [5, 5.41) is 11.7. The first-order chi connectivity index (χ1) is 16.1. The molecule has 3 aromatic carbocycles. The Kier molecular flexibility index (Phi) is 7.11. The lowest BCUT2D eigenvalue weighted by Crippen LogP contribution is -2.15. The van der Waals surface area contributed by atoms with Crippen LogP contribution < -0.4 is 20.6 Å². The van der Waals surface area contributed by atoms with Crippen molar-refractivity contribution in [2.24, 2.45) is 0 Å². The standard InChI is InChI=1S/C24H23N5O3S/c1-31-20-8-5-9-21(14-20)32-15-22-27-28-24(29(22)25)33-16-17-10-12-18(13-11-17)23(30)26-19-6-3-2-4-7-19/h2-14H,15-16,25H2,1H3,(H,26,30). The number of nitrogens with zero attached hydrogens (tertiary/aromatic N) is 3. The molecule has 3 N–H and O–H groups in total. The fourth-order valence-electron chi connectivity index (χ4n) is 2.97. The number of ether oxygens (including phenoxy) is 2. The lowest BCUT2D eigenvalue weighted by Gasteiger charge is -2.08. The lowest BCUT2D eigenvalue weighted by atomic mass is 10.1. The lowest BCUT2D eigenvalue weighted by molar-refractivity contribution is 0.102. The van der Waals surface area contributed by atoms with E-state index in [-0.39, 0.29) is 12.5 Å². The average Bonchev–Trinajstić information content (AvgIpc) is 3.21. The van der Waals surface area contributed by atoms with Gasteiger partial charge in [0.1, 0.15) is 18.1 Å². The molecule has 1 amide bonds. The Morgan fingerprint density at radius 3 is 2.52 bits per heavy atom. The molecule has 168 valence electrons. The van der Waals surface area contributed by atoms with E-state index in [9.17, 15) is 4.79 Å². The summed E-state index contributed by atoms with van der Waals surface area (Å²) in [7, 11) is 1.60. The van der Waals surface area contributed by atoms with E-state index >= 15 is 0 Å². The number of carbonyl (C=O) groups is 1. The third-order valence-corrected chi connectivity index (χ3v) is 5.77. The number of rotatable bonds is 9. The molecule has 0 fully saturated rings. The second-order valence-corrected chi connectivity index (χ2v) is 7.98. The first-order valence-corrected chi connectivity index (χ1v) is 11.2. The largest absolute Gasteiger partial charge is 0.497 e. The molecule has 0 radical (unpaired) electrons. The first-order valence-electron chi connectivity index (χ1n) is 10.2. The van der Waals surface area contributed by atoms with Crippen molar-refractivity contribution >= 4 is 23.4 Å². The van der Waals surface area contributed by atoms with Gasteiger partial charge in [0.2, 0.25) is 5.16 Å². The van der Waals surface area contributed by atoms with Crippen LogP contribution in [0.25, 0.3) is 0 Å². The molecule has 1 heterocycles. The second-order valence-electron chi connectivity index (χ2n) is 7.04. The van der Waals surface area contributed by atoms with Crippen molar-refractivity contribution in [3.8, 4) is 11.5 Å². The summed E-state index contributed by atoms with van der Waals surface area (Å²) >= 11 is 1.45. The molecule has 0 aliphatic rings. The molecular weight excluding hydrogens is 438 g/mol. The molecule has 33 heavy (non-hydrogen) atoms. The minimum Gasteiger partial charge on any atom is -0.497 e. The summed E-state index contributed by atoms with van der Waals surface area (Å²) in [5.74, 6) is 8.49. The van der Waals surface area contributed by atoms with Crippen LogP contribution in [0.1, 0.15) is 21.7 Å². The predicted octanol–water partition coefficient (Wildman–Crippen LogP) is 4.12. The second kappa shape index (κ2) is 10.6. The minimum absolute atomic E-state index is 0.150. The number of carbonyl (C=O) groups excluding carboxylic acids is 1. The number of anilines is 1. The van der Waals surface area contributed by atoms with E-state index in [0.29, 0.717) is 33.8 Å². The molecule has 0 spiro atoms. The predicted molar refractivity (Wildman–Crippen MR) is 128 cm³/mol. The third kappa shape index (κ3) is 5.83. The van der Waals surface area contributed by atoms with Gasteiger partial charge in [0.15, 0.2) is 5.82 Å². The maximum Gasteiger partial charge on any atom is 0.255 e. The summed E-state index contributed by atoms with van der Waals surface area (Å²) < 4.78 is 12.4. The Morgan fingerprint density at radius 1 is 1.00 bits per heavy atom. The highest BCUT2D eigenvalue weighted by atomic mass is 32.2. The number of benzene rings is 3. The molecule has 0 aliphatic heterocycles. The molecule has 0 saturated heterocycles. The van der Waals surface area contributed by atoms with Crippen LogP contribution in [0.2, 0.25) is 0 Å². The van der Waals surface area contributed by atoms with Gasteiger partial charge >= 0.3 is 0 Å². The highest BCUT2D eigenvalue weighted by molar-refractivity contribution is 7.98. The van der Waals surface area contributed by atoms with Crippen LogP contribution in [0.15, 0.2) is 84.0 Å². The van der Waals surface area contributed by atoms with Crippen molar-refractivity contribution < 1.29 is 14.3 Å². The zero-order valence-electron chi connectivity index (χ0n) is 18.0. The van der Waals surface area contributed by atoms with Crippen LogP contribution >= 0.6 is 11.8 Å². The number of hydrogen-bond donors (Lipinski definition) is 2. The molecule has 1 aromatic heterocycles. The first kappa shape index (κ1) is 22.2. The summed E-state index contributed by atoms with van der Waals surface area (Å²) in [6.45, 7) is 0.183. The van der Waals surface area contributed by atoms with Gasteiger partial charge in [-0.05, 0) is 42.0 Å². The number of aromatic nitrogens is 3. The molecule has 0 atom stereocenters. The average molecular weight is 462 g/mol. The summed E-state index contributed by atoms with van der Waals surface area (Å²) in [6, 6.07) is 24.1. The number of nitrogens with two attached hydrogens (primary N) is 1. The van der Waals surface area contributed by atoms with Gasteiger partial charge in [-0.3, -0.25) is 4.79 Å². The molecule has 8 nitrogen and oxygen atoms in total. The molecule has 0 unspecified atom stereocenters. The number of methoxy groups -OCH3 is 1. The summed E-state index contributed by atoms with van der Waals surface area (Å²) in [4.78, 5) is 12.4. The highest BCUT2D eigenvalue weighted by Gasteiger charge is 2.12. The van der Waals surface area contributed by atoms with Gasteiger partial charge in [0.05, 0.1) is 7.11 Å². The van der Waals surface area contributed by atoms with E-state index in [0.717, 1.165) is 11.3 Å². The number of hydrogen-bond acceptors (Lipinski definition) is 7. The number of amides is 1. The molecule has 4 rings (SSSR count). The molecule has 9 heteroatoms. The Morgan fingerprint density at radius 2 is 1.76 bits per heavy atom. The fourth-order valence-corrected chi connectivity index (χ4v) is 3.80. The van der Waals surface area contributed by atoms with Crippen LogP contribution in [0.5, 0.6) is 11.5 Å². The van der Waals surface area contributed by atoms with E-state index in [1.54, 1.807) is 25.3 Å². The number of para-hydroxylation sites is 1. The molecular formula is C24H23N5O3S. The van der Waals surface area contributed by atoms with Crippen LogP contribution in [-0.2, 0) is 12.4 Å². The Bertz CT molecular complexity index is 1210. The van der Waals surface area contributed by atoms with Gasteiger partial charge in [-0.1, -0.05) is 48.2 Å². The van der Waals surface area contributed by atoms with Crippen LogP contribution in [0.3, 0.4) is 0 Å². The van der Waals surface area contributed by atoms with Crippen molar-refractivity contribution in [3.63, 3.8) is 0 Å². The SMILES string of the molecule is COc1cccc(OCc2nnc(SCc3ccc(C(=O)Nc4ccccc4)cc3)n2N)c1. The van der Waals surface area contributed by atoms with Crippen LogP contribution in [0, 0.1) is 0 Å². The number of nitrogens with one attached hydrogen (secondary N) is 1. The zero-order chi connectivity index (χ0) is 23.0. The Hall–Kier alpha value is -3.98. The van der Waals surface area contributed by atoms with Crippen LogP contribution in [0.4, 0.5) is 5.69 Å². The normalized spacial score (nSPS) is 10.6. The smallest absolute Gasteiger partial charge is 0.255 e. The third-order valence-electron chi connectivity index (χ3n) is 4.76. The van der Waals surface area contributed by atoms with Crippen molar-refractivity contribution in [2.75, 3.05) is 18.3 Å². The van der Waals surface area contributed by atoms with Gasteiger partial charge in [0.25, 0.3) is 5.91 Å². The summed E-state index contributed by atoms with van der Waals surface area (Å²) in [6.07, 6.45) is 0. The summed E-state index contributed by atoms with van der Waals surface area (Å²) in [5.41, 5.74) is 2.38. The zero-order valence-corrected chi connectivity index (χ0v) is 18.8. The Balaban J connectivity index is 1.31. The molecule has 0 saturated carbocycles. The van der Waals surface area contributed by atoms with Gasteiger partial charge in [0, 0.05) is 23.1 Å².